The molecule has 0 unspecified atom stereocenters. The maximum Gasteiger partial charge on any atom is 0.255 e. The molecule has 6 heteroatoms. The van der Waals surface area contributed by atoms with Crippen LogP contribution in [0.5, 0.6) is 5.75 Å². The number of fused-ring (bicyclic) bond motifs is 1. The number of amides is 2. The Kier molecular flexibility index (Phi) is 6.82. The highest BCUT2D eigenvalue weighted by atomic mass is 16.5. The first-order valence-corrected chi connectivity index (χ1v) is 10.8. The summed E-state index contributed by atoms with van der Waals surface area (Å²) in [6, 6.07) is 22.5. The molecule has 0 spiro atoms. The van der Waals surface area contributed by atoms with Gasteiger partial charge in [0.15, 0.2) is 0 Å². The lowest BCUT2D eigenvalue weighted by molar-refractivity contribution is -0.117. The number of benzene rings is 3. The van der Waals surface area contributed by atoms with Crippen LogP contribution < -0.4 is 15.4 Å². The molecule has 0 atom stereocenters. The zero-order valence-electron chi connectivity index (χ0n) is 18.1. The van der Waals surface area contributed by atoms with Gasteiger partial charge in [0.1, 0.15) is 5.75 Å². The number of carbonyl (C=O) groups is 2. The van der Waals surface area contributed by atoms with Crippen molar-refractivity contribution in [3.8, 4) is 5.75 Å². The summed E-state index contributed by atoms with van der Waals surface area (Å²) < 4.78 is 5.41. The van der Waals surface area contributed by atoms with Crippen molar-refractivity contribution in [2.45, 2.75) is 19.9 Å². The third-order valence-corrected chi connectivity index (χ3v) is 5.43. The van der Waals surface area contributed by atoms with Crippen LogP contribution in [0.3, 0.4) is 0 Å². The molecule has 0 aliphatic carbocycles. The molecule has 1 aliphatic heterocycles. The number of carbonyl (C=O) groups excluding carboxylic acids is 2. The van der Waals surface area contributed by atoms with Crippen LogP contribution in [0.2, 0.25) is 0 Å². The van der Waals surface area contributed by atoms with Crippen LogP contribution in [0.1, 0.15) is 28.4 Å². The van der Waals surface area contributed by atoms with Crippen molar-refractivity contribution in [1.29, 1.82) is 0 Å². The number of ether oxygens (including phenoxy) is 1. The molecule has 0 aromatic heterocycles. The van der Waals surface area contributed by atoms with Gasteiger partial charge in [-0.25, -0.2) is 0 Å². The molecule has 0 bridgehead atoms. The van der Waals surface area contributed by atoms with E-state index in [2.05, 4.69) is 33.7 Å². The molecule has 1 aliphatic rings. The van der Waals surface area contributed by atoms with Gasteiger partial charge in [0.25, 0.3) is 5.91 Å². The molecule has 1 heterocycles. The lowest BCUT2D eigenvalue weighted by Gasteiger charge is -2.28. The minimum atomic E-state index is -0.209. The van der Waals surface area contributed by atoms with E-state index in [0.717, 1.165) is 25.3 Å². The Bertz CT molecular complexity index is 1080. The van der Waals surface area contributed by atoms with E-state index in [0.29, 0.717) is 30.1 Å². The van der Waals surface area contributed by atoms with Gasteiger partial charge in [0.05, 0.1) is 13.2 Å². The van der Waals surface area contributed by atoms with Gasteiger partial charge in [0.2, 0.25) is 5.91 Å². The zero-order chi connectivity index (χ0) is 22.3. The second-order valence-electron chi connectivity index (χ2n) is 7.77. The molecule has 164 valence electrons. The highest BCUT2D eigenvalue weighted by Gasteiger charge is 2.18. The Hall–Kier alpha value is -3.64. The minimum absolute atomic E-state index is 0.0593. The first kappa shape index (κ1) is 21.6. The van der Waals surface area contributed by atoms with Crippen LogP contribution in [0, 0.1) is 0 Å². The topological polar surface area (TPSA) is 70.7 Å². The van der Waals surface area contributed by atoms with Gasteiger partial charge in [-0.2, -0.15) is 0 Å². The van der Waals surface area contributed by atoms with E-state index in [1.807, 2.05) is 25.1 Å². The molecule has 0 radical (unpaired) electrons. The largest absolute Gasteiger partial charge is 0.494 e. The fourth-order valence-electron chi connectivity index (χ4n) is 3.80. The Morgan fingerprint density at radius 2 is 1.53 bits per heavy atom. The summed E-state index contributed by atoms with van der Waals surface area (Å²) in [6.07, 6.45) is 0.960. The van der Waals surface area contributed by atoms with Crippen molar-refractivity contribution in [3.05, 3.63) is 89.5 Å². The number of nitrogens with one attached hydrogen (secondary N) is 2. The van der Waals surface area contributed by atoms with E-state index >= 15 is 0 Å². The SMILES string of the molecule is CCOc1ccc(NC(=O)c2ccc(NC(=O)CN3CCc4ccccc4C3)cc2)cc1. The van der Waals surface area contributed by atoms with Crippen molar-refractivity contribution in [2.24, 2.45) is 0 Å². The molecule has 0 saturated carbocycles. The third kappa shape index (κ3) is 5.53. The van der Waals surface area contributed by atoms with Gasteiger partial charge in [-0.15, -0.1) is 0 Å². The zero-order valence-corrected chi connectivity index (χ0v) is 18.1. The molecule has 32 heavy (non-hydrogen) atoms. The second-order valence-corrected chi connectivity index (χ2v) is 7.77. The average molecular weight is 430 g/mol. The highest BCUT2D eigenvalue weighted by Crippen LogP contribution is 2.19. The summed E-state index contributed by atoms with van der Waals surface area (Å²) in [5.74, 6) is 0.495. The summed E-state index contributed by atoms with van der Waals surface area (Å²) >= 11 is 0. The van der Waals surface area contributed by atoms with Crippen LogP contribution in [0.4, 0.5) is 11.4 Å². The third-order valence-electron chi connectivity index (χ3n) is 5.43. The van der Waals surface area contributed by atoms with Gasteiger partial charge in [-0.1, -0.05) is 24.3 Å². The molecular weight excluding hydrogens is 402 g/mol. The molecule has 4 rings (SSSR count). The predicted molar refractivity (Wildman–Crippen MR) is 126 cm³/mol. The van der Waals surface area contributed by atoms with Gasteiger partial charge in [-0.3, -0.25) is 14.5 Å². The number of hydrogen-bond donors (Lipinski definition) is 2. The van der Waals surface area contributed by atoms with Crippen LogP contribution in [-0.4, -0.2) is 36.4 Å². The molecule has 3 aromatic rings. The van der Waals surface area contributed by atoms with Crippen LogP contribution in [0.15, 0.2) is 72.8 Å². The second kappa shape index (κ2) is 10.1. The van der Waals surface area contributed by atoms with Crippen molar-refractivity contribution in [2.75, 3.05) is 30.3 Å². The summed E-state index contributed by atoms with van der Waals surface area (Å²) in [7, 11) is 0. The van der Waals surface area contributed by atoms with Gasteiger partial charge in [0, 0.05) is 30.0 Å². The van der Waals surface area contributed by atoms with E-state index in [9.17, 15) is 9.59 Å². The Balaban J connectivity index is 1.28. The Morgan fingerprint density at radius 3 is 2.25 bits per heavy atom. The molecule has 0 fully saturated rings. The van der Waals surface area contributed by atoms with Gasteiger partial charge < -0.3 is 15.4 Å². The van der Waals surface area contributed by atoms with Gasteiger partial charge in [-0.05, 0) is 73.0 Å². The number of anilines is 2. The number of nitrogens with zero attached hydrogens (tertiary/aromatic N) is 1. The van der Waals surface area contributed by atoms with E-state index in [1.54, 1.807) is 36.4 Å². The number of rotatable bonds is 7. The summed E-state index contributed by atoms with van der Waals surface area (Å²) in [5.41, 5.74) is 4.53. The lowest BCUT2D eigenvalue weighted by atomic mass is 10.00. The lowest BCUT2D eigenvalue weighted by Crippen LogP contribution is -2.37. The van der Waals surface area contributed by atoms with E-state index in [-0.39, 0.29) is 11.8 Å². The average Bonchev–Trinajstić information content (AvgIpc) is 2.81. The molecule has 0 saturated heterocycles. The molecule has 2 N–H and O–H groups in total. The highest BCUT2D eigenvalue weighted by molar-refractivity contribution is 6.04. The quantitative estimate of drug-likeness (QED) is 0.586. The normalized spacial score (nSPS) is 13.2. The first-order valence-electron chi connectivity index (χ1n) is 10.8. The first-order chi connectivity index (χ1) is 15.6. The van der Waals surface area contributed by atoms with Crippen molar-refractivity contribution in [1.82, 2.24) is 4.90 Å². The standard InChI is InChI=1S/C26H27N3O3/c1-2-32-24-13-11-23(12-14-24)28-26(31)20-7-9-22(10-8-20)27-25(30)18-29-16-15-19-5-3-4-6-21(19)17-29/h3-14H,2,15-18H2,1H3,(H,27,30)(H,28,31). The van der Waals surface area contributed by atoms with Crippen molar-refractivity contribution in [3.63, 3.8) is 0 Å². The summed E-state index contributed by atoms with van der Waals surface area (Å²) in [5, 5.41) is 5.78. The predicted octanol–water partition coefficient (Wildman–Crippen LogP) is 4.33. The maximum atomic E-state index is 12.5. The van der Waals surface area contributed by atoms with Crippen molar-refractivity contribution >= 4 is 23.2 Å². The van der Waals surface area contributed by atoms with Crippen LogP contribution >= 0.6 is 0 Å². The van der Waals surface area contributed by atoms with Crippen molar-refractivity contribution < 1.29 is 14.3 Å². The monoisotopic (exact) mass is 429 g/mol. The molecule has 2 amide bonds. The Labute approximate surface area is 188 Å². The smallest absolute Gasteiger partial charge is 0.255 e. The fraction of sp³-hybridized carbons (Fsp3) is 0.231. The van der Waals surface area contributed by atoms with E-state index < -0.39 is 0 Å². The molecule has 6 nitrogen and oxygen atoms in total. The van der Waals surface area contributed by atoms with Crippen LogP contribution in [0.25, 0.3) is 0 Å². The molecule has 3 aromatic carbocycles. The van der Waals surface area contributed by atoms with Crippen LogP contribution in [-0.2, 0) is 17.8 Å². The molecular formula is C26H27N3O3. The fourth-order valence-corrected chi connectivity index (χ4v) is 3.80. The maximum absolute atomic E-state index is 12.5. The number of hydrogen-bond acceptors (Lipinski definition) is 4. The van der Waals surface area contributed by atoms with E-state index in [4.69, 9.17) is 4.74 Å². The van der Waals surface area contributed by atoms with Gasteiger partial charge >= 0.3 is 0 Å². The Morgan fingerprint density at radius 1 is 0.875 bits per heavy atom. The minimum Gasteiger partial charge on any atom is -0.494 e. The summed E-state index contributed by atoms with van der Waals surface area (Å²) in [6.45, 7) is 4.52. The van der Waals surface area contributed by atoms with E-state index in [1.165, 1.54) is 11.1 Å². The summed E-state index contributed by atoms with van der Waals surface area (Å²) in [4.78, 5) is 27.1.